The number of nitrogens with zero attached hydrogens (tertiary/aromatic N) is 4. The summed E-state index contributed by atoms with van der Waals surface area (Å²) in [6, 6.07) is 13.5. The number of hydrogen-bond acceptors (Lipinski definition) is 9. The first-order chi connectivity index (χ1) is 18.1. The monoisotopic (exact) mass is 553 g/mol. The number of fused-ring (bicyclic) bond motifs is 1. The third-order valence-corrected chi connectivity index (χ3v) is 9.57. The number of ether oxygens (including phenoxy) is 1. The van der Waals surface area contributed by atoms with Crippen LogP contribution in [0, 0.1) is 11.3 Å². The minimum absolute atomic E-state index is 0.0408. The van der Waals surface area contributed by atoms with Gasteiger partial charge in [-0.3, -0.25) is 4.90 Å². The topological polar surface area (TPSA) is 142 Å². The Morgan fingerprint density at radius 1 is 1.24 bits per heavy atom. The van der Waals surface area contributed by atoms with Crippen LogP contribution in [0.1, 0.15) is 49.3 Å². The maximum Gasteiger partial charge on any atom is 0.213 e. The number of benzene rings is 2. The molecule has 1 aromatic heterocycles. The Labute approximate surface area is 226 Å². The Hall–Kier alpha value is -2.88. The molecule has 1 saturated heterocycles. The zero-order valence-electron chi connectivity index (χ0n) is 21.4. The minimum Gasteiger partial charge on any atom is -0.490 e. The summed E-state index contributed by atoms with van der Waals surface area (Å²) in [5.41, 5.74) is 4.23. The van der Waals surface area contributed by atoms with E-state index < -0.39 is 21.4 Å². The number of aliphatic hydroxyl groups is 1. The number of hydrogen-bond donors (Lipinski definition) is 2. The highest BCUT2D eigenvalue weighted by Gasteiger charge is 2.39. The molecule has 0 amide bonds. The van der Waals surface area contributed by atoms with Crippen molar-refractivity contribution in [2.75, 3.05) is 19.6 Å². The highest BCUT2D eigenvalue weighted by Crippen LogP contribution is 2.43. The van der Waals surface area contributed by atoms with Gasteiger partial charge in [0.05, 0.1) is 23.0 Å². The minimum atomic E-state index is -3.81. The van der Waals surface area contributed by atoms with Crippen LogP contribution < -0.4 is 9.88 Å². The van der Waals surface area contributed by atoms with Crippen molar-refractivity contribution >= 4 is 21.4 Å². The van der Waals surface area contributed by atoms with Crippen molar-refractivity contribution in [3.8, 4) is 33.0 Å². The summed E-state index contributed by atoms with van der Waals surface area (Å²) in [5.74, 6) is 0.313. The molecule has 0 radical (unpaired) electrons. The highest BCUT2D eigenvalue weighted by atomic mass is 32.2. The summed E-state index contributed by atoms with van der Waals surface area (Å²) in [5, 5.41) is 34.8. The van der Waals surface area contributed by atoms with Crippen molar-refractivity contribution in [3.63, 3.8) is 0 Å². The average Bonchev–Trinajstić information content (AvgIpc) is 3.61. The van der Waals surface area contributed by atoms with Gasteiger partial charge in [-0.1, -0.05) is 29.5 Å². The van der Waals surface area contributed by atoms with Gasteiger partial charge in [0.25, 0.3) is 0 Å². The van der Waals surface area contributed by atoms with Crippen molar-refractivity contribution in [2.45, 2.75) is 56.5 Å². The first-order valence-electron chi connectivity index (χ1n) is 12.7. The van der Waals surface area contributed by atoms with E-state index in [1.54, 1.807) is 12.1 Å². The molecule has 0 saturated carbocycles. The van der Waals surface area contributed by atoms with E-state index in [9.17, 15) is 18.8 Å². The van der Waals surface area contributed by atoms with E-state index >= 15 is 0 Å². The Morgan fingerprint density at radius 2 is 2.03 bits per heavy atom. The normalized spacial score (nSPS) is 20.4. The fraction of sp³-hybridized carbons (Fsp3) is 0.444. The van der Waals surface area contributed by atoms with Crippen LogP contribution in [0.25, 0.3) is 21.1 Å². The lowest BCUT2D eigenvalue weighted by Gasteiger charge is -2.27. The van der Waals surface area contributed by atoms with Gasteiger partial charge < -0.3 is 9.84 Å². The summed E-state index contributed by atoms with van der Waals surface area (Å²) in [6.45, 7) is 5.27. The lowest BCUT2D eigenvalue weighted by atomic mass is 9.95. The van der Waals surface area contributed by atoms with Crippen LogP contribution in [0.5, 0.6) is 5.75 Å². The van der Waals surface area contributed by atoms with E-state index in [1.807, 2.05) is 43.0 Å². The van der Waals surface area contributed by atoms with Crippen LogP contribution in [0.2, 0.25) is 0 Å². The number of aromatic nitrogens is 2. The van der Waals surface area contributed by atoms with Crippen molar-refractivity contribution in [1.29, 1.82) is 5.26 Å². The number of likely N-dealkylation sites (tertiary alicyclic amines) is 1. The molecule has 3 N–H and O–H groups in total. The number of nitriles is 1. The number of β-amino-alcohol motifs (C(OH)–C–C–N with tert-alkyl or cyclic N) is 1. The molecule has 9 nitrogen and oxygen atoms in total. The molecule has 0 bridgehead atoms. The van der Waals surface area contributed by atoms with Gasteiger partial charge in [0.2, 0.25) is 10.0 Å². The van der Waals surface area contributed by atoms with E-state index in [0.29, 0.717) is 48.8 Å². The molecule has 1 aliphatic carbocycles. The van der Waals surface area contributed by atoms with Crippen LogP contribution in [0.15, 0.2) is 36.4 Å². The number of primary sulfonamides is 1. The third kappa shape index (κ3) is 5.46. The van der Waals surface area contributed by atoms with Gasteiger partial charge in [0.1, 0.15) is 21.8 Å². The van der Waals surface area contributed by atoms with Crippen molar-refractivity contribution in [3.05, 3.63) is 53.1 Å². The Morgan fingerprint density at radius 3 is 2.71 bits per heavy atom. The Kier molecular flexibility index (Phi) is 7.53. The molecule has 38 heavy (non-hydrogen) atoms. The predicted molar refractivity (Wildman–Crippen MR) is 146 cm³/mol. The molecule has 2 heterocycles. The van der Waals surface area contributed by atoms with Crippen LogP contribution in [0.4, 0.5) is 0 Å². The van der Waals surface area contributed by atoms with E-state index in [2.05, 4.69) is 16.3 Å². The quantitative estimate of drug-likeness (QED) is 0.433. The number of sulfonamides is 1. The fourth-order valence-electron chi connectivity index (χ4n) is 5.52. The van der Waals surface area contributed by atoms with Gasteiger partial charge in [0.15, 0.2) is 0 Å². The number of nitrogens with two attached hydrogens (primary N) is 1. The largest absolute Gasteiger partial charge is 0.490 e. The van der Waals surface area contributed by atoms with E-state index in [1.165, 1.54) is 11.3 Å². The first kappa shape index (κ1) is 26.7. The predicted octanol–water partition coefficient (Wildman–Crippen LogP) is 3.28. The second-order valence-electron chi connectivity index (χ2n) is 10.2. The van der Waals surface area contributed by atoms with Crippen LogP contribution in [-0.4, -0.2) is 65.7 Å². The SMILES string of the molecule is CC(C)Oc1ccc(-c2nnc(-c3cccc4c3CC[C@H]4C(CN3CC[C@@H](O)C3)S(N)(=O)=O)s2)cc1C#N. The van der Waals surface area contributed by atoms with E-state index in [4.69, 9.17) is 9.88 Å². The molecule has 5 rings (SSSR count). The summed E-state index contributed by atoms with van der Waals surface area (Å²) < 4.78 is 31.1. The van der Waals surface area contributed by atoms with Gasteiger partial charge in [-0.15, -0.1) is 10.2 Å². The lowest BCUT2D eigenvalue weighted by Crippen LogP contribution is -2.42. The van der Waals surface area contributed by atoms with Crippen LogP contribution in [-0.2, 0) is 16.4 Å². The molecule has 200 valence electrons. The maximum absolute atomic E-state index is 12.7. The second-order valence-corrected chi connectivity index (χ2v) is 13.0. The van der Waals surface area contributed by atoms with Crippen molar-refractivity contribution < 1.29 is 18.3 Å². The second kappa shape index (κ2) is 10.7. The fourth-order valence-corrected chi connectivity index (χ4v) is 7.57. The molecule has 1 fully saturated rings. The standard InChI is InChI=1S/C27H31N5O4S2/c1-16(2)36-24-9-6-17(12-18(24)13-28)26-30-31-27(37-26)23-5-3-4-20-21(23)7-8-22(20)25(38(29,34)35)15-32-11-10-19(33)14-32/h3-6,9,12,16,19,22,25,33H,7-8,10-11,14-15H2,1-2H3,(H2,29,34,35)/t19-,22-,25?/m1/s1. The third-order valence-electron chi connectivity index (χ3n) is 7.24. The highest BCUT2D eigenvalue weighted by molar-refractivity contribution is 7.89. The first-order valence-corrected chi connectivity index (χ1v) is 15.2. The van der Waals surface area contributed by atoms with Crippen LogP contribution >= 0.6 is 11.3 Å². The molecule has 1 unspecified atom stereocenters. The zero-order chi connectivity index (χ0) is 27.0. The molecule has 1 aliphatic heterocycles. The molecule has 0 spiro atoms. The molecular weight excluding hydrogens is 522 g/mol. The zero-order valence-corrected chi connectivity index (χ0v) is 23.0. The maximum atomic E-state index is 12.7. The van der Waals surface area contributed by atoms with Gasteiger partial charge in [-0.25, -0.2) is 13.6 Å². The van der Waals surface area contributed by atoms with Crippen molar-refractivity contribution in [1.82, 2.24) is 15.1 Å². The van der Waals surface area contributed by atoms with E-state index in [0.717, 1.165) is 33.7 Å². The summed E-state index contributed by atoms with van der Waals surface area (Å²) in [7, 11) is -3.81. The molecule has 2 aliphatic rings. The Balaban J connectivity index is 1.44. The Bertz CT molecular complexity index is 1480. The lowest BCUT2D eigenvalue weighted by molar-refractivity contribution is 0.175. The van der Waals surface area contributed by atoms with Gasteiger partial charge in [-0.05, 0) is 62.4 Å². The smallest absolute Gasteiger partial charge is 0.213 e. The van der Waals surface area contributed by atoms with Crippen molar-refractivity contribution in [2.24, 2.45) is 5.14 Å². The van der Waals surface area contributed by atoms with Crippen LogP contribution in [0.3, 0.4) is 0 Å². The molecule has 3 atom stereocenters. The average molecular weight is 554 g/mol. The van der Waals surface area contributed by atoms with Gasteiger partial charge in [0, 0.05) is 36.7 Å². The molecule has 2 aromatic carbocycles. The molecular formula is C27H31N5O4S2. The molecule has 11 heteroatoms. The van der Waals surface area contributed by atoms with Gasteiger partial charge in [-0.2, -0.15) is 5.26 Å². The number of rotatable bonds is 8. The summed E-state index contributed by atoms with van der Waals surface area (Å²) >= 11 is 1.43. The van der Waals surface area contributed by atoms with Gasteiger partial charge >= 0.3 is 0 Å². The molecule has 3 aromatic rings. The summed E-state index contributed by atoms with van der Waals surface area (Å²) in [6.07, 6.45) is 1.58. The number of aliphatic hydroxyl groups excluding tert-OH is 1. The summed E-state index contributed by atoms with van der Waals surface area (Å²) in [4.78, 5) is 1.99. The van der Waals surface area contributed by atoms with E-state index in [-0.39, 0.29) is 12.0 Å².